The number of aryl methyl sites for hydroxylation is 1. The lowest BCUT2D eigenvalue weighted by molar-refractivity contribution is -0.274. The zero-order valence-corrected chi connectivity index (χ0v) is 26.0. The van der Waals surface area contributed by atoms with Gasteiger partial charge in [0.25, 0.3) is 0 Å². The molecule has 46 heavy (non-hydrogen) atoms. The van der Waals surface area contributed by atoms with Crippen molar-refractivity contribution in [3.05, 3.63) is 107 Å². The summed E-state index contributed by atoms with van der Waals surface area (Å²) in [6.07, 6.45) is 10.7. The Morgan fingerprint density at radius 1 is 0.913 bits per heavy atom. The highest BCUT2D eigenvalue weighted by molar-refractivity contribution is 5.64. The number of hydrogen-bond acceptors (Lipinski definition) is 5. The van der Waals surface area contributed by atoms with Gasteiger partial charge in [0.05, 0.1) is 0 Å². The average Bonchev–Trinajstić information content (AvgIpc) is 3.07. The van der Waals surface area contributed by atoms with E-state index in [4.69, 9.17) is 0 Å². The van der Waals surface area contributed by atoms with Gasteiger partial charge in [0.15, 0.2) is 0 Å². The van der Waals surface area contributed by atoms with E-state index in [1.54, 1.807) is 12.1 Å². The summed E-state index contributed by atoms with van der Waals surface area (Å²) in [6, 6.07) is 12.7. The van der Waals surface area contributed by atoms with Gasteiger partial charge >= 0.3 is 6.36 Å². The average molecular weight is 625 g/mol. The highest BCUT2D eigenvalue weighted by Crippen LogP contribution is 2.35. The van der Waals surface area contributed by atoms with Gasteiger partial charge in [-0.05, 0) is 92.1 Å². The molecule has 0 saturated carbocycles. The SMILES string of the molecule is Cc1ccc(C#CC2=CCNCC2)cc1N1C=CC=CC1C#CC1=CC(C2CNCCC2c2ccc(OC(F)(F)F)cc2)NCC1. The van der Waals surface area contributed by atoms with E-state index in [1.807, 2.05) is 12.2 Å². The Bertz CT molecular complexity index is 1650. The molecule has 4 aliphatic rings. The number of hydrogen-bond donors (Lipinski definition) is 3. The Labute approximate surface area is 269 Å². The van der Waals surface area contributed by atoms with Crippen LogP contribution in [-0.4, -0.2) is 51.2 Å². The van der Waals surface area contributed by atoms with Crippen molar-refractivity contribution in [1.82, 2.24) is 16.0 Å². The molecule has 6 rings (SSSR count). The van der Waals surface area contributed by atoms with Gasteiger partial charge in [0.1, 0.15) is 11.8 Å². The summed E-state index contributed by atoms with van der Waals surface area (Å²) in [4.78, 5) is 2.21. The van der Waals surface area contributed by atoms with Crippen LogP contribution in [0.2, 0.25) is 0 Å². The zero-order valence-electron chi connectivity index (χ0n) is 26.0. The summed E-state index contributed by atoms with van der Waals surface area (Å²) in [5, 5.41) is 10.5. The molecule has 1 fully saturated rings. The van der Waals surface area contributed by atoms with Crippen molar-refractivity contribution in [3.63, 3.8) is 0 Å². The predicted octanol–water partition coefficient (Wildman–Crippen LogP) is 6.11. The van der Waals surface area contributed by atoms with Gasteiger partial charge in [0, 0.05) is 60.8 Å². The molecule has 0 aromatic heterocycles. The van der Waals surface area contributed by atoms with Crippen LogP contribution in [0.3, 0.4) is 0 Å². The number of nitrogens with one attached hydrogen (secondary N) is 3. The first-order chi connectivity index (χ1) is 22.3. The Morgan fingerprint density at radius 3 is 2.57 bits per heavy atom. The van der Waals surface area contributed by atoms with E-state index in [0.29, 0.717) is 0 Å². The second-order valence-corrected chi connectivity index (χ2v) is 12.1. The van der Waals surface area contributed by atoms with E-state index < -0.39 is 6.36 Å². The number of alkyl halides is 3. The standard InChI is InChI=1S/C38H39F3N4O/c1-27-5-6-29(8-7-28-15-19-42-20-16-28)25-37(27)45-23-3-2-4-32(45)12-9-30-17-22-44-36(24-30)35-26-43-21-18-34(35)31-10-13-33(14-11-31)46-38(39,40)41/h2-6,10-11,13-15,23-25,32,34-36,42-44H,16-22,26H2,1H3. The third kappa shape index (κ3) is 8.13. The minimum atomic E-state index is -4.70. The molecule has 0 aliphatic carbocycles. The molecule has 0 spiro atoms. The van der Waals surface area contributed by atoms with Crippen LogP contribution in [0.5, 0.6) is 5.75 Å². The fourth-order valence-corrected chi connectivity index (χ4v) is 6.57. The van der Waals surface area contributed by atoms with Gasteiger partial charge in [-0.2, -0.15) is 0 Å². The Morgan fingerprint density at radius 2 is 1.76 bits per heavy atom. The number of anilines is 1. The lowest BCUT2D eigenvalue weighted by Crippen LogP contribution is -2.48. The second kappa shape index (κ2) is 14.5. The fourth-order valence-electron chi connectivity index (χ4n) is 6.57. The maximum Gasteiger partial charge on any atom is 0.573 e. The Kier molecular flexibility index (Phi) is 10.00. The molecule has 5 nitrogen and oxygen atoms in total. The first-order valence-electron chi connectivity index (χ1n) is 16.0. The van der Waals surface area contributed by atoms with Crippen molar-refractivity contribution in [1.29, 1.82) is 0 Å². The molecule has 4 unspecified atom stereocenters. The lowest BCUT2D eigenvalue weighted by Gasteiger charge is -2.38. The third-order valence-corrected chi connectivity index (χ3v) is 8.94. The van der Waals surface area contributed by atoms with Crippen molar-refractivity contribution in [2.45, 2.75) is 50.6 Å². The topological polar surface area (TPSA) is 48.6 Å². The molecule has 2 aromatic rings. The minimum absolute atomic E-state index is 0.104. The van der Waals surface area contributed by atoms with Crippen LogP contribution < -0.4 is 25.6 Å². The highest BCUT2D eigenvalue weighted by Gasteiger charge is 2.34. The molecule has 4 atom stereocenters. The molecule has 4 aliphatic heterocycles. The molecule has 1 saturated heterocycles. The van der Waals surface area contributed by atoms with Crippen molar-refractivity contribution in [3.8, 4) is 29.4 Å². The first kappa shape index (κ1) is 31.8. The number of benzene rings is 2. The normalized spacial score (nSPS) is 24.6. The molecule has 238 valence electrons. The van der Waals surface area contributed by atoms with Gasteiger partial charge in [-0.1, -0.05) is 60.1 Å². The molecular formula is C38H39F3N4O. The summed E-state index contributed by atoms with van der Waals surface area (Å²) in [5.74, 6) is 14.0. The van der Waals surface area contributed by atoms with Crippen molar-refractivity contribution < 1.29 is 17.9 Å². The van der Waals surface area contributed by atoms with Gasteiger partial charge in [-0.25, -0.2) is 0 Å². The fraction of sp³-hybridized carbons (Fsp3) is 0.368. The number of halogens is 3. The van der Waals surface area contributed by atoms with Gasteiger partial charge in [0.2, 0.25) is 0 Å². The van der Waals surface area contributed by atoms with Gasteiger partial charge < -0.3 is 25.6 Å². The third-order valence-electron chi connectivity index (χ3n) is 8.94. The van der Waals surface area contributed by atoms with Crippen LogP contribution in [0.25, 0.3) is 0 Å². The maximum atomic E-state index is 12.7. The Balaban J connectivity index is 1.19. The van der Waals surface area contributed by atoms with Crippen LogP contribution in [0.4, 0.5) is 18.9 Å². The highest BCUT2D eigenvalue weighted by atomic mass is 19.4. The van der Waals surface area contributed by atoms with Crippen LogP contribution >= 0.6 is 0 Å². The molecule has 0 bridgehead atoms. The number of nitrogens with zero attached hydrogens (tertiary/aromatic N) is 1. The number of ether oxygens (including phenoxy) is 1. The summed E-state index contributed by atoms with van der Waals surface area (Å²) in [6.45, 7) is 6.46. The van der Waals surface area contributed by atoms with Crippen LogP contribution in [0.15, 0.2) is 90.2 Å². The monoisotopic (exact) mass is 624 g/mol. The quantitative estimate of drug-likeness (QED) is 0.359. The largest absolute Gasteiger partial charge is 0.573 e. The van der Waals surface area contributed by atoms with Gasteiger partial charge in [-0.15, -0.1) is 13.2 Å². The number of rotatable bonds is 4. The molecule has 3 N–H and O–H groups in total. The molecular weight excluding hydrogens is 585 g/mol. The van der Waals surface area contributed by atoms with Crippen molar-refractivity contribution in [2.75, 3.05) is 37.6 Å². The van der Waals surface area contributed by atoms with Crippen LogP contribution in [0.1, 0.15) is 41.9 Å². The summed E-state index contributed by atoms with van der Waals surface area (Å²) < 4.78 is 42.1. The van der Waals surface area contributed by atoms with E-state index in [9.17, 15) is 13.2 Å². The van der Waals surface area contributed by atoms with Crippen molar-refractivity contribution >= 4 is 5.69 Å². The number of allylic oxidation sites excluding steroid dienone is 2. The Hall–Kier alpha value is -4.21. The molecule has 2 aromatic carbocycles. The van der Waals surface area contributed by atoms with Crippen LogP contribution in [-0.2, 0) is 0 Å². The molecule has 0 amide bonds. The van der Waals surface area contributed by atoms with Gasteiger partial charge in [-0.3, -0.25) is 0 Å². The summed E-state index contributed by atoms with van der Waals surface area (Å²) in [7, 11) is 0. The molecule has 4 heterocycles. The minimum Gasteiger partial charge on any atom is -0.406 e. The summed E-state index contributed by atoms with van der Waals surface area (Å²) >= 11 is 0. The van der Waals surface area contributed by atoms with E-state index >= 15 is 0 Å². The molecule has 0 radical (unpaired) electrons. The number of piperidine rings is 1. The van der Waals surface area contributed by atoms with Crippen molar-refractivity contribution in [2.24, 2.45) is 5.92 Å². The maximum absolute atomic E-state index is 12.7. The lowest BCUT2D eigenvalue weighted by atomic mass is 9.76. The smallest absolute Gasteiger partial charge is 0.406 e. The second-order valence-electron chi connectivity index (χ2n) is 12.1. The van der Waals surface area contributed by atoms with E-state index in [1.165, 1.54) is 17.7 Å². The van der Waals surface area contributed by atoms with E-state index in [-0.39, 0.29) is 29.7 Å². The first-order valence-corrected chi connectivity index (χ1v) is 16.0. The molecule has 8 heteroatoms. The van der Waals surface area contributed by atoms with E-state index in [0.717, 1.165) is 79.9 Å². The summed E-state index contributed by atoms with van der Waals surface area (Å²) in [5.41, 5.74) is 6.55. The van der Waals surface area contributed by atoms with E-state index in [2.05, 4.69) is 98.8 Å². The van der Waals surface area contributed by atoms with Crippen LogP contribution in [0, 0.1) is 36.5 Å². The predicted molar refractivity (Wildman–Crippen MR) is 177 cm³/mol. The zero-order chi connectivity index (χ0) is 31.9.